The summed E-state index contributed by atoms with van der Waals surface area (Å²) < 4.78 is 1.67. The maximum atomic E-state index is 12.2. The molecule has 1 saturated heterocycles. The first-order chi connectivity index (χ1) is 12.3. The summed E-state index contributed by atoms with van der Waals surface area (Å²) in [6.07, 6.45) is 3.97. The second kappa shape index (κ2) is 5.54. The molecule has 9 heteroatoms. The summed E-state index contributed by atoms with van der Waals surface area (Å²) in [7, 11) is 0. The van der Waals surface area contributed by atoms with Crippen molar-refractivity contribution in [1.29, 1.82) is 0 Å². The molecular weight excluding hydrogens is 320 g/mol. The van der Waals surface area contributed by atoms with Crippen molar-refractivity contribution in [3.05, 3.63) is 35.9 Å². The lowest BCUT2D eigenvalue weighted by atomic mass is 10.0. The number of anilines is 1. The minimum Gasteiger partial charge on any atom is -0.354 e. The van der Waals surface area contributed by atoms with Crippen LogP contribution in [0.25, 0.3) is 5.65 Å². The number of fused-ring (bicyclic) bond motifs is 1. The predicted molar refractivity (Wildman–Crippen MR) is 89.4 cm³/mol. The first-order valence-corrected chi connectivity index (χ1v) is 8.52. The molecular formula is C16H18N8O. The van der Waals surface area contributed by atoms with Crippen molar-refractivity contribution in [3.8, 4) is 0 Å². The molecule has 1 aliphatic carbocycles. The molecule has 0 unspecified atom stereocenters. The van der Waals surface area contributed by atoms with E-state index in [1.54, 1.807) is 10.8 Å². The van der Waals surface area contributed by atoms with Gasteiger partial charge in [0.05, 0.1) is 0 Å². The van der Waals surface area contributed by atoms with E-state index in [0.717, 1.165) is 30.2 Å². The quantitative estimate of drug-likeness (QED) is 0.706. The lowest BCUT2D eigenvalue weighted by Gasteiger charge is -2.40. The van der Waals surface area contributed by atoms with Crippen LogP contribution in [0.15, 0.2) is 24.5 Å². The largest absolute Gasteiger partial charge is 0.354 e. The van der Waals surface area contributed by atoms with Crippen molar-refractivity contribution in [1.82, 2.24) is 35.3 Å². The fraction of sp³-hybridized carbons (Fsp3) is 0.438. The van der Waals surface area contributed by atoms with Gasteiger partial charge in [-0.2, -0.15) is 9.61 Å². The summed E-state index contributed by atoms with van der Waals surface area (Å²) in [5.74, 6) is 1.79. The normalized spacial score (nSPS) is 17.7. The fourth-order valence-corrected chi connectivity index (χ4v) is 3.16. The van der Waals surface area contributed by atoms with Crippen LogP contribution in [0.3, 0.4) is 0 Å². The highest BCUT2D eigenvalue weighted by atomic mass is 16.1. The summed E-state index contributed by atoms with van der Waals surface area (Å²) in [6, 6.07) is 5.72. The molecule has 2 N–H and O–H groups in total. The number of amides is 1. The van der Waals surface area contributed by atoms with Crippen LogP contribution in [0.5, 0.6) is 0 Å². The van der Waals surface area contributed by atoms with E-state index in [2.05, 4.69) is 35.7 Å². The number of carbonyl (C=O) groups excluding carboxylic acids is 1. The van der Waals surface area contributed by atoms with E-state index in [0.29, 0.717) is 24.1 Å². The number of hydrogen-bond donors (Lipinski definition) is 2. The van der Waals surface area contributed by atoms with Gasteiger partial charge in [-0.05, 0) is 31.0 Å². The van der Waals surface area contributed by atoms with Crippen LogP contribution in [0, 0.1) is 5.92 Å². The molecule has 4 heterocycles. The van der Waals surface area contributed by atoms with Gasteiger partial charge < -0.3 is 10.2 Å². The highest BCUT2D eigenvalue weighted by Gasteiger charge is 2.29. The highest BCUT2D eigenvalue weighted by Crippen LogP contribution is 2.38. The van der Waals surface area contributed by atoms with Crippen molar-refractivity contribution in [2.75, 3.05) is 24.5 Å². The molecule has 0 aromatic carbocycles. The summed E-state index contributed by atoms with van der Waals surface area (Å²) in [5, 5.41) is 22.3. The van der Waals surface area contributed by atoms with Gasteiger partial charge in [0.15, 0.2) is 5.65 Å². The molecule has 2 fully saturated rings. The van der Waals surface area contributed by atoms with E-state index in [1.807, 2.05) is 18.2 Å². The third-order valence-corrected chi connectivity index (χ3v) is 4.83. The Morgan fingerprint density at radius 1 is 1.32 bits per heavy atom. The zero-order valence-corrected chi connectivity index (χ0v) is 13.6. The molecule has 1 saturated carbocycles. The van der Waals surface area contributed by atoms with E-state index in [9.17, 15) is 4.79 Å². The highest BCUT2D eigenvalue weighted by molar-refractivity contribution is 5.92. The summed E-state index contributed by atoms with van der Waals surface area (Å²) >= 11 is 0. The Labute approximate surface area is 143 Å². The minimum absolute atomic E-state index is 0.106. The van der Waals surface area contributed by atoms with Gasteiger partial charge in [0, 0.05) is 37.2 Å². The minimum atomic E-state index is -0.106. The molecule has 9 nitrogen and oxygen atoms in total. The molecule has 1 aliphatic heterocycles. The van der Waals surface area contributed by atoms with Crippen molar-refractivity contribution in [2.45, 2.75) is 18.8 Å². The molecule has 0 radical (unpaired) electrons. The van der Waals surface area contributed by atoms with Crippen molar-refractivity contribution in [2.24, 2.45) is 5.92 Å². The molecule has 0 spiro atoms. The third kappa shape index (κ3) is 2.71. The van der Waals surface area contributed by atoms with Gasteiger partial charge in [0.25, 0.3) is 5.91 Å². The van der Waals surface area contributed by atoms with Gasteiger partial charge in [-0.1, -0.05) is 0 Å². The van der Waals surface area contributed by atoms with Crippen molar-refractivity contribution >= 4 is 17.4 Å². The Morgan fingerprint density at radius 3 is 3.04 bits per heavy atom. The van der Waals surface area contributed by atoms with Crippen molar-refractivity contribution < 1.29 is 4.79 Å². The zero-order chi connectivity index (χ0) is 16.8. The van der Waals surface area contributed by atoms with Crippen LogP contribution in [0.2, 0.25) is 0 Å². The van der Waals surface area contributed by atoms with E-state index in [4.69, 9.17) is 0 Å². The number of H-pyrrole nitrogens is 1. The Bertz CT molecular complexity index is 921. The number of rotatable bonds is 5. The number of carbonyl (C=O) groups is 1. The Balaban J connectivity index is 1.13. The van der Waals surface area contributed by atoms with Crippen LogP contribution in [0.1, 0.15) is 34.9 Å². The van der Waals surface area contributed by atoms with Crippen LogP contribution < -0.4 is 10.2 Å². The number of nitrogens with zero attached hydrogens (tertiary/aromatic N) is 6. The lowest BCUT2D eigenvalue weighted by Crippen LogP contribution is -2.52. The number of aromatic nitrogens is 6. The maximum absolute atomic E-state index is 12.2. The Hall–Kier alpha value is -2.97. The fourth-order valence-electron chi connectivity index (χ4n) is 3.16. The molecule has 25 heavy (non-hydrogen) atoms. The average Bonchev–Trinajstić information content (AvgIpc) is 3.13. The first-order valence-electron chi connectivity index (χ1n) is 8.52. The van der Waals surface area contributed by atoms with Gasteiger partial charge in [0.1, 0.15) is 17.8 Å². The number of aromatic amines is 1. The summed E-state index contributed by atoms with van der Waals surface area (Å²) in [6.45, 7) is 2.39. The summed E-state index contributed by atoms with van der Waals surface area (Å²) in [4.78, 5) is 14.4. The molecule has 0 atom stereocenters. The van der Waals surface area contributed by atoms with Gasteiger partial charge in [0.2, 0.25) is 0 Å². The van der Waals surface area contributed by atoms with Crippen molar-refractivity contribution in [3.63, 3.8) is 0 Å². The predicted octanol–water partition coefficient (Wildman–Crippen LogP) is 0.591. The van der Waals surface area contributed by atoms with Gasteiger partial charge in [-0.3, -0.25) is 9.89 Å². The standard InChI is InChI=1S/C16H18N8O/c25-16(13-5-12(19-20-13)11-1-2-11)17-6-10-7-23(8-10)15-4-3-14-21-18-9-24(14)22-15/h3-5,9-11H,1-2,6-8H2,(H,17,25)(H,19,20). The topological polar surface area (TPSA) is 104 Å². The molecule has 128 valence electrons. The molecule has 2 aliphatic rings. The Morgan fingerprint density at radius 2 is 2.20 bits per heavy atom. The van der Waals surface area contributed by atoms with E-state index < -0.39 is 0 Å². The third-order valence-electron chi connectivity index (χ3n) is 4.83. The van der Waals surface area contributed by atoms with Gasteiger partial charge in [-0.15, -0.1) is 15.3 Å². The Kier molecular flexibility index (Phi) is 3.19. The first kappa shape index (κ1) is 14.4. The molecule has 0 bridgehead atoms. The average molecular weight is 338 g/mol. The molecule has 3 aromatic rings. The molecule has 5 rings (SSSR count). The van der Waals surface area contributed by atoms with Gasteiger partial charge in [-0.25, -0.2) is 0 Å². The van der Waals surface area contributed by atoms with Crippen LogP contribution in [0.4, 0.5) is 5.82 Å². The van der Waals surface area contributed by atoms with Crippen LogP contribution in [-0.2, 0) is 0 Å². The SMILES string of the molecule is O=C(NCC1CN(c2ccc3nncn3n2)C1)c1cc(C2CC2)[nH]n1. The van der Waals surface area contributed by atoms with Crippen LogP contribution in [-0.4, -0.2) is 55.6 Å². The monoisotopic (exact) mass is 338 g/mol. The second-order valence-electron chi connectivity index (χ2n) is 6.79. The van der Waals surface area contributed by atoms with Crippen LogP contribution >= 0.6 is 0 Å². The van der Waals surface area contributed by atoms with E-state index in [1.165, 1.54) is 12.8 Å². The maximum Gasteiger partial charge on any atom is 0.271 e. The van der Waals surface area contributed by atoms with E-state index >= 15 is 0 Å². The molecule has 1 amide bonds. The lowest BCUT2D eigenvalue weighted by molar-refractivity contribution is 0.0939. The second-order valence-corrected chi connectivity index (χ2v) is 6.79. The smallest absolute Gasteiger partial charge is 0.271 e. The zero-order valence-electron chi connectivity index (χ0n) is 13.6. The number of nitrogens with one attached hydrogen (secondary N) is 2. The molecule has 3 aromatic heterocycles. The summed E-state index contributed by atoms with van der Waals surface area (Å²) in [5.41, 5.74) is 2.30. The van der Waals surface area contributed by atoms with E-state index in [-0.39, 0.29) is 5.91 Å². The number of hydrogen-bond acceptors (Lipinski definition) is 6. The van der Waals surface area contributed by atoms with Gasteiger partial charge >= 0.3 is 0 Å².